The van der Waals surface area contributed by atoms with Crippen LogP contribution >= 0.6 is 0 Å². The summed E-state index contributed by atoms with van der Waals surface area (Å²) in [6.45, 7) is 0.141. The number of aromatic nitrogens is 2. The molecule has 0 atom stereocenters. The summed E-state index contributed by atoms with van der Waals surface area (Å²) >= 11 is 0. The first-order valence-electron chi connectivity index (χ1n) is 10.6. The van der Waals surface area contributed by atoms with Crippen molar-refractivity contribution in [3.05, 3.63) is 82.0 Å². The summed E-state index contributed by atoms with van der Waals surface area (Å²) in [6, 6.07) is 14.1. The largest absolute Gasteiger partial charge is 0.481 e. The lowest BCUT2D eigenvalue weighted by Gasteiger charge is -2.28. The van der Waals surface area contributed by atoms with Crippen molar-refractivity contribution in [3.63, 3.8) is 0 Å². The Morgan fingerprint density at radius 1 is 1.12 bits per heavy atom. The second-order valence-electron chi connectivity index (χ2n) is 7.78. The molecule has 34 heavy (non-hydrogen) atoms. The average Bonchev–Trinajstić information content (AvgIpc) is 2.82. The van der Waals surface area contributed by atoms with Crippen LogP contribution in [0.3, 0.4) is 0 Å². The molecule has 1 aliphatic heterocycles. The van der Waals surface area contributed by atoms with Crippen molar-refractivity contribution in [3.8, 4) is 5.75 Å². The molecule has 2 heterocycles. The fourth-order valence-corrected chi connectivity index (χ4v) is 5.15. The van der Waals surface area contributed by atoms with Gasteiger partial charge < -0.3 is 10.1 Å². The molecule has 3 aromatic rings. The second-order valence-corrected chi connectivity index (χ2v) is 9.80. The predicted molar refractivity (Wildman–Crippen MR) is 125 cm³/mol. The van der Waals surface area contributed by atoms with Gasteiger partial charge in [-0.25, -0.2) is 22.1 Å². The van der Waals surface area contributed by atoms with Gasteiger partial charge in [-0.1, -0.05) is 30.3 Å². The minimum absolute atomic E-state index is 0.00402. The molecular weight excluding hydrogens is 463 g/mol. The number of anilines is 2. The molecule has 0 unspecified atom stereocenters. The third kappa shape index (κ3) is 4.93. The Balaban J connectivity index is 1.77. The van der Waals surface area contributed by atoms with Crippen LogP contribution in [0.15, 0.2) is 59.4 Å². The van der Waals surface area contributed by atoms with E-state index in [4.69, 9.17) is 4.74 Å². The third-order valence-corrected chi connectivity index (χ3v) is 7.16. The summed E-state index contributed by atoms with van der Waals surface area (Å²) in [5.41, 5.74) is -0.0303. The van der Waals surface area contributed by atoms with Crippen LogP contribution in [0.2, 0.25) is 0 Å². The van der Waals surface area contributed by atoms with E-state index in [2.05, 4.69) is 10.3 Å². The zero-order valence-electron chi connectivity index (χ0n) is 18.4. The highest BCUT2D eigenvalue weighted by Crippen LogP contribution is 2.24. The zero-order chi connectivity index (χ0) is 24.3. The van der Waals surface area contributed by atoms with Crippen molar-refractivity contribution in [2.24, 2.45) is 7.05 Å². The molecule has 1 aliphatic rings. The van der Waals surface area contributed by atoms with Crippen molar-refractivity contribution in [1.82, 2.24) is 9.55 Å². The predicted octanol–water partition coefficient (Wildman–Crippen LogP) is 2.68. The smallest absolute Gasteiger partial charge is 0.297 e. The zero-order valence-corrected chi connectivity index (χ0v) is 19.2. The first kappa shape index (κ1) is 23.4. The van der Waals surface area contributed by atoms with E-state index < -0.39 is 27.3 Å². The minimum atomic E-state index is -3.69. The van der Waals surface area contributed by atoms with Crippen molar-refractivity contribution in [2.45, 2.75) is 19.4 Å². The molecule has 0 bridgehead atoms. The van der Waals surface area contributed by atoms with E-state index in [-0.39, 0.29) is 42.0 Å². The Bertz CT molecular complexity index is 1360. The number of hydrogen-bond acceptors (Lipinski definition) is 6. The quantitative estimate of drug-likeness (QED) is 0.574. The molecule has 1 aromatic heterocycles. The highest BCUT2D eigenvalue weighted by Gasteiger charge is 2.32. The SMILES string of the molecule is Cn1c(N2CCCCS2(=O)=O)nc(C(=O)Nc2ccc(F)cc2)c(OCc2ccccc2)c1=O. The van der Waals surface area contributed by atoms with Gasteiger partial charge in [-0.15, -0.1) is 0 Å². The molecule has 0 saturated carbocycles. The molecular formula is C23H23FN4O5S. The number of amides is 1. The monoisotopic (exact) mass is 486 g/mol. The molecule has 1 amide bonds. The van der Waals surface area contributed by atoms with Gasteiger partial charge in [0.25, 0.3) is 11.5 Å². The fourth-order valence-electron chi connectivity index (χ4n) is 3.54. The van der Waals surface area contributed by atoms with Gasteiger partial charge in [-0.2, -0.15) is 0 Å². The minimum Gasteiger partial charge on any atom is -0.481 e. The number of sulfonamides is 1. The molecule has 1 fully saturated rings. The molecule has 178 valence electrons. The number of nitrogens with zero attached hydrogens (tertiary/aromatic N) is 3. The average molecular weight is 487 g/mol. The molecule has 11 heteroatoms. The van der Waals surface area contributed by atoms with Crippen LogP contribution < -0.4 is 19.9 Å². The molecule has 0 spiro atoms. The number of ether oxygens (including phenoxy) is 1. The molecule has 2 aromatic carbocycles. The van der Waals surface area contributed by atoms with E-state index in [1.165, 1.54) is 31.3 Å². The standard InChI is InChI=1S/C23H23FN4O5S/c1-27-22(30)20(33-15-16-7-3-2-4-8-16)19(21(29)25-18-11-9-17(24)10-12-18)26-23(27)28-13-5-6-14-34(28,31)32/h2-4,7-12H,5-6,13-15H2,1H3,(H,25,29). The van der Waals surface area contributed by atoms with Gasteiger partial charge in [-0.05, 0) is 42.7 Å². The van der Waals surface area contributed by atoms with Crippen LogP contribution in [-0.2, 0) is 23.7 Å². The van der Waals surface area contributed by atoms with Crippen molar-refractivity contribution in [2.75, 3.05) is 21.9 Å². The van der Waals surface area contributed by atoms with Crippen LogP contribution in [0, 0.1) is 5.82 Å². The number of rotatable bonds is 6. The van der Waals surface area contributed by atoms with E-state index in [9.17, 15) is 22.4 Å². The summed E-state index contributed by atoms with van der Waals surface area (Å²) in [6.07, 6.45) is 1.10. The normalized spacial score (nSPS) is 15.1. The Hall–Kier alpha value is -3.73. The Labute approximate surface area is 195 Å². The van der Waals surface area contributed by atoms with Gasteiger partial charge in [-0.3, -0.25) is 14.2 Å². The summed E-state index contributed by atoms with van der Waals surface area (Å²) in [5.74, 6) is -1.82. The molecule has 9 nitrogen and oxygen atoms in total. The number of carbonyl (C=O) groups is 1. The van der Waals surface area contributed by atoms with Crippen molar-refractivity contribution < 1.29 is 22.3 Å². The van der Waals surface area contributed by atoms with Crippen LogP contribution in [0.5, 0.6) is 5.75 Å². The van der Waals surface area contributed by atoms with Gasteiger partial charge in [0.05, 0.1) is 5.75 Å². The summed E-state index contributed by atoms with van der Waals surface area (Å²) < 4.78 is 46.4. The molecule has 0 radical (unpaired) electrons. The maximum Gasteiger partial charge on any atom is 0.297 e. The molecule has 4 rings (SSSR count). The highest BCUT2D eigenvalue weighted by molar-refractivity contribution is 7.92. The first-order valence-corrected chi connectivity index (χ1v) is 12.2. The highest BCUT2D eigenvalue weighted by atomic mass is 32.2. The summed E-state index contributed by atoms with van der Waals surface area (Å²) in [7, 11) is -2.31. The molecule has 0 aliphatic carbocycles. The van der Waals surface area contributed by atoms with E-state index in [0.29, 0.717) is 12.8 Å². The lowest BCUT2D eigenvalue weighted by atomic mass is 10.2. The van der Waals surface area contributed by atoms with Gasteiger partial charge in [0.15, 0.2) is 5.69 Å². The maximum atomic E-state index is 13.3. The van der Waals surface area contributed by atoms with Crippen LogP contribution in [0.25, 0.3) is 0 Å². The summed E-state index contributed by atoms with van der Waals surface area (Å²) in [4.78, 5) is 30.6. The number of carbonyl (C=O) groups excluding carboxylic acids is 1. The van der Waals surface area contributed by atoms with Crippen molar-refractivity contribution >= 4 is 27.6 Å². The van der Waals surface area contributed by atoms with E-state index in [1.807, 2.05) is 18.2 Å². The number of benzene rings is 2. The van der Waals surface area contributed by atoms with E-state index >= 15 is 0 Å². The lowest BCUT2D eigenvalue weighted by molar-refractivity contribution is 0.101. The molecule has 1 saturated heterocycles. The van der Waals surface area contributed by atoms with Crippen LogP contribution in [0.1, 0.15) is 28.9 Å². The van der Waals surface area contributed by atoms with Crippen LogP contribution in [0.4, 0.5) is 16.0 Å². The topological polar surface area (TPSA) is 111 Å². The van der Waals surface area contributed by atoms with Gasteiger partial charge >= 0.3 is 0 Å². The Kier molecular flexibility index (Phi) is 6.64. The second kappa shape index (κ2) is 9.64. The molecule has 1 N–H and O–H groups in total. The third-order valence-electron chi connectivity index (χ3n) is 5.34. The fraction of sp³-hybridized carbons (Fsp3) is 0.261. The Morgan fingerprint density at radius 2 is 1.82 bits per heavy atom. The van der Waals surface area contributed by atoms with Gasteiger partial charge in [0, 0.05) is 19.3 Å². The van der Waals surface area contributed by atoms with E-state index in [1.54, 1.807) is 12.1 Å². The van der Waals surface area contributed by atoms with Gasteiger partial charge in [0.1, 0.15) is 12.4 Å². The number of halogens is 1. The Morgan fingerprint density at radius 3 is 2.50 bits per heavy atom. The maximum absolute atomic E-state index is 13.3. The summed E-state index contributed by atoms with van der Waals surface area (Å²) in [5, 5.41) is 2.56. The van der Waals surface area contributed by atoms with Gasteiger partial charge in [0.2, 0.25) is 21.7 Å². The number of hydrogen-bond donors (Lipinski definition) is 1. The van der Waals surface area contributed by atoms with Crippen LogP contribution in [-0.4, -0.2) is 36.2 Å². The number of nitrogens with one attached hydrogen (secondary N) is 1. The van der Waals surface area contributed by atoms with E-state index in [0.717, 1.165) is 14.4 Å². The van der Waals surface area contributed by atoms with Crippen molar-refractivity contribution in [1.29, 1.82) is 0 Å². The lowest BCUT2D eigenvalue weighted by Crippen LogP contribution is -2.42. The first-order chi connectivity index (χ1) is 16.3.